The molecule has 8 unspecified atom stereocenters. The average Bonchev–Trinajstić information content (AvgIpc) is 2.95. The summed E-state index contributed by atoms with van der Waals surface area (Å²) in [6.45, 7) is 11.1. The quantitative estimate of drug-likeness (QED) is 0.739. The van der Waals surface area contributed by atoms with Gasteiger partial charge in [0.25, 0.3) is 0 Å². The van der Waals surface area contributed by atoms with E-state index in [0.29, 0.717) is 29.6 Å². The van der Waals surface area contributed by atoms with E-state index in [1.807, 2.05) is 0 Å². The Labute approximate surface area is 111 Å². The van der Waals surface area contributed by atoms with Gasteiger partial charge in [-0.2, -0.15) is 0 Å². The van der Waals surface area contributed by atoms with Gasteiger partial charge in [0.1, 0.15) is 0 Å². The van der Waals surface area contributed by atoms with Crippen molar-refractivity contribution in [2.45, 2.75) is 52.7 Å². The molecule has 102 valence electrons. The maximum atomic E-state index is 10.9. The number of hydrogen-bond donors (Lipinski definition) is 2. The van der Waals surface area contributed by atoms with Crippen LogP contribution in [0.5, 0.6) is 0 Å². The van der Waals surface area contributed by atoms with Crippen molar-refractivity contribution in [2.75, 3.05) is 0 Å². The molecular weight excluding hydrogens is 222 g/mol. The molecule has 0 heterocycles. The molecule has 18 heavy (non-hydrogen) atoms. The van der Waals surface area contributed by atoms with E-state index in [2.05, 4.69) is 40.7 Å². The predicted molar refractivity (Wildman–Crippen MR) is 73.9 cm³/mol. The highest BCUT2D eigenvalue weighted by atomic mass is 16.3. The SMILES string of the molecule is CCC1C(C)=CC(C)C(C(C)N)C2C3(C)C1C23O. The lowest BCUT2D eigenvalue weighted by Crippen LogP contribution is -2.41. The summed E-state index contributed by atoms with van der Waals surface area (Å²) in [4.78, 5) is 0. The first kappa shape index (κ1) is 12.7. The molecule has 3 rings (SSSR count). The van der Waals surface area contributed by atoms with Gasteiger partial charge >= 0.3 is 0 Å². The van der Waals surface area contributed by atoms with Crippen LogP contribution in [0.25, 0.3) is 0 Å². The first-order chi connectivity index (χ1) is 8.31. The summed E-state index contributed by atoms with van der Waals surface area (Å²) in [6.07, 6.45) is 3.57. The Balaban J connectivity index is 2.01. The second-order valence-electron chi connectivity index (χ2n) is 7.28. The summed E-state index contributed by atoms with van der Waals surface area (Å²) in [5, 5.41) is 10.9. The first-order valence-corrected chi connectivity index (χ1v) is 7.48. The number of hydrogen-bond acceptors (Lipinski definition) is 2. The smallest absolute Gasteiger partial charge is 0.0786 e. The Morgan fingerprint density at radius 1 is 1.44 bits per heavy atom. The molecule has 8 atom stereocenters. The van der Waals surface area contributed by atoms with Gasteiger partial charge in [-0.15, -0.1) is 0 Å². The van der Waals surface area contributed by atoms with E-state index in [4.69, 9.17) is 5.73 Å². The van der Waals surface area contributed by atoms with Gasteiger partial charge in [0.05, 0.1) is 5.60 Å². The molecule has 2 nitrogen and oxygen atoms in total. The van der Waals surface area contributed by atoms with Crippen LogP contribution in [-0.4, -0.2) is 16.7 Å². The summed E-state index contributed by atoms with van der Waals surface area (Å²) in [5.74, 6) is 2.42. The minimum absolute atomic E-state index is 0.162. The summed E-state index contributed by atoms with van der Waals surface area (Å²) < 4.78 is 0. The third kappa shape index (κ3) is 1.13. The number of nitrogens with two attached hydrogens (primary N) is 1. The van der Waals surface area contributed by atoms with Crippen molar-refractivity contribution in [2.24, 2.45) is 40.7 Å². The fraction of sp³-hybridized carbons (Fsp3) is 0.875. The zero-order valence-electron chi connectivity index (χ0n) is 12.3. The lowest BCUT2D eigenvalue weighted by Gasteiger charge is -2.38. The molecule has 2 saturated carbocycles. The maximum absolute atomic E-state index is 10.9. The third-order valence-corrected chi connectivity index (χ3v) is 6.49. The van der Waals surface area contributed by atoms with E-state index in [1.165, 1.54) is 5.57 Å². The van der Waals surface area contributed by atoms with Crippen LogP contribution in [0.3, 0.4) is 0 Å². The van der Waals surface area contributed by atoms with E-state index in [0.717, 1.165) is 6.42 Å². The highest BCUT2D eigenvalue weighted by Gasteiger charge is 2.97. The van der Waals surface area contributed by atoms with Gasteiger partial charge in [0.2, 0.25) is 0 Å². The van der Waals surface area contributed by atoms with Crippen LogP contribution in [0.1, 0.15) is 41.0 Å². The second-order valence-corrected chi connectivity index (χ2v) is 7.28. The van der Waals surface area contributed by atoms with Crippen LogP contribution in [0, 0.1) is 35.0 Å². The Morgan fingerprint density at radius 3 is 2.44 bits per heavy atom. The van der Waals surface area contributed by atoms with Gasteiger partial charge in [0, 0.05) is 23.3 Å². The molecular formula is C16H27NO. The van der Waals surface area contributed by atoms with Crippen LogP contribution in [0.2, 0.25) is 0 Å². The summed E-state index contributed by atoms with van der Waals surface area (Å²) in [7, 11) is 0. The lowest BCUT2D eigenvalue weighted by atomic mass is 9.68. The Morgan fingerprint density at radius 2 is 2.00 bits per heavy atom. The van der Waals surface area contributed by atoms with Crippen molar-refractivity contribution in [3.63, 3.8) is 0 Å². The fourth-order valence-electron chi connectivity index (χ4n) is 5.64. The second kappa shape index (κ2) is 3.40. The van der Waals surface area contributed by atoms with E-state index in [9.17, 15) is 5.11 Å². The molecule has 0 amide bonds. The minimum atomic E-state index is -0.393. The fourth-order valence-corrected chi connectivity index (χ4v) is 5.64. The molecule has 3 N–H and O–H groups in total. The van der Waals surface area contributed by atoms with Gasteiger partial charge in [-0.05, 0) is 38.0 Å². The highest BCUT2D eigenvalue weighted by Crippen LogP contribution is 2.91. The molecule has 3 aliphatic rings. The lowest BCUT2D eigenvalue weighted by molar-refractivity contribution is 0.0673. The molecule has 0 aromatic carbocycles. The monoisotopic (exact) mass is 249 g/mol. The molecule has 2 fully saturated rings. The van der Waals surface area contributed by atoms with Crippen molar-refractivity contribution in [3.8, 4) is 0 Å². The Bertz CT molecular complexity index is 399. The standard InChI is InChI=1S/C16H27NO/c1-6-11-8(2)7-9(3)12(10(4)17)14-15(5)13(11)16(14,15)18/h7,9-14,18H,6,17H2,1-5H3. The molecule has 0 bridgehead atoms. The van der Waals surface area contributed by atoms with E-state index < -0.39 is 5.60 Å². The van der Waals surface area contributed by atoms with Gasteiger partial charge in [0.15, 0.2) is 0 Å². The van der Waals surface area contributed by atoms with Crippen LogP contribution in [0.15, 0.2) is 11.6 Å². The molecule has 0 radical (unpaired) electrons. The molecule has 0 saturated heterocycles. The number of aliphatic hydroxyl groups is 1. The molecule has 0 spiro atoms. The van der Waals surface area contributed by atoms with Crippen molar-refractivity contribution in [3.05, 3.63) is 11.6 Å². The van der Waals surface area contributed by atoms with Crippen molar-refractivity contribution >= 4 is 0 Å². The van der Waals surface area contributed by atoms with Gasteiger partial charge in [-0.1, -0.05) is 32.4 Å². The van der Waals surface area contributed by atoms with Gasteiger partial charge in [-0.3, -0.25) is 0 Å². The first-order valence-electron chi connectivity index (χ1n) is 7.48. The molecule has 0 aromatic rings. The van der Waals surface area contributed by atoms with Crippen molar-refractivity contribution in [1.29, 1.82) is 0 Å². The van der Waals surface area contributed by atoms with E-state index in [-0.39, 0.29) is 11.5 Å². The summed E-state index contributed by atoms with van der Waals surface area (Å²) in [5.41, 5.74) is 7.44. The zero-order valence-corrected chi connectivity index (χ0v) is 12.3. The molecule has 0 aromatic heterocycles. The van der Waals surface area contributed by atoms with Gasteiger partial charge < -0.3 is 10.8 Å². The zero-order chi connectivity index (χ0) is 13.5. The van der Waals surface area contributed by atoms with Crippen molar-refractivity contribution in [1.82, 2.24) is 0 Å². The molecule has 0 aliphatic heterocycles. The Kier molecular flexibility index (Phi) is 2.40. The topological polar surface area (TPSA) is 46.2 Å². The van der Waals surface area contributed by atoms with Crippen LogP contribution in [-0.2, 0) is 0 Å². The Hall–Kier alpha value is -0.340. The van der Waals surface area contributed by atoms with Crippen molar-refractivity contribution < 1.29 is 5.11 Å². The number of fused-ring (bicyclic) bond motifs is 2. The molecule has 2 heteroatoms. The molecule has 3 aliphatic carbocycles. The third-order valence-electron chi connectivity index (χ3n) is 6.49. The normalized spacial score (nSPS) is 59.1. The van der Waals surface area contributed by atoms with Gasteiger partial charge in [-0.25, -0.2) is 0 Å². The van der Waals surface area contributed by atoms with E-state index >= 15 is 0 Å². The van der Waals surface area contributed by atoms with Crippen LogP contribution in [0.4, 0.5) is 0 Å². The van der Waals surface area contributed by atoms with Crippen LogP contribution >= 0.6 is 0 Å². The highest BCUT2D eigenvalue weighted by molar-refractivity contribution is 5.47. The van der Waals surface area contributed by atoms with E-state index in [1.54, 1.807) is 0 Å². The summed E-state index contributed by atoms with van der Waals surface area (Å²) >= 11 is 0. The largest absolute Gasteiger partial charge is 0.389 e. The average molecular weight is 249 g/mol. The minimum Gasteiger partial charge on any atom is -0.389 e. The number of allylic oxidation sites excluding steroid dienone is 2. The maximum Gasteiger partial charge on any atom is 0.0786 e. The van der Waals surface area contributed by atoms with Crippen LogP contribution < -0.4 is 5.73 Å². The number of rotatable bonds is 2. The summed E-state index contributed by atoms with van der Waals surface area (Å²) in [6, 6.07) is 0.168. The predicted octanol–water partition coefficient (Wildman–Crippen LogP) is 2.57.